The van der Waals surface area contributed by atoms with Crippen molar-refractivity contribution in [3.63, 3.8) is 0 Å². The predicted octanol–water partition coefficient (Wildman–Crippen LogP) is 1.90. The summed E-state index contributed by atoms with van der Waals surface area (Å²) in [6.07, 6.45) is 0.427. The summed E-state index contributed by atoms with van der Waals surface area (Å²) in [5.41, 5.74) is 0.732. The molecule has 2 aromatic rings. The minimum atomic E-state index is -3.86. The van der Waals surface area contributed by atoms with E-state index < -0.39 is 21.9 Å². The van der Waals surface area contributed by atoms with Gasteiger partial charge in [-0.1, -0.05) is 0 Å². The molecule has 158 valence electrons. The third-order valence-electron chi connectivity index (χ3n) is 4.27. The van der Waals surface area contributed by atoms with E-state index in [4.69, 9.17) is 0 Å². The molecule has 3 N–H and O–H groups in total. The van der Waals surface area contributed by atoms with Crippen molar-refractivity contribution >= 4 is 39.2 Å². The number of benzene rings is 2. The minimum Gasteiger partial charge on any atom is -0.329 e. The molecule has 1 aliphatic rings. The Labute approximate surface area is 172 Å². The summed E-state index contributed by atoms with van der Waals surface area (Å²) < 4.78 is 39.9. The highest BCUT2D eigenvalue weighted by molar-refractivity contribution is 7.92. The van der Waals surface area contributed by atoms with Gasteiger partial charge in [0.25, 0.3) is 10.0 Å². The Morgan fingerprint density at radius 1 is 1.03 bits per heavy atom. The van der Waals surface area contributed by atoms with E-state index in [0.29, 0.717) is 12.1 Å². The number of rotatable bonds is 8. The van der Waals surface area contributed by atoms with E-state index in [1.807, 2.05) is 0 Å². The van der Waals surface area contributed by atoms with Gasteiger partial charge in [0.15, 0.2) is 0 Å². The zero-order valence-corrected chi connectivity index (χ0v) is 16.5. The fraction of sp³-hybridized carbons (Fsp3) is 0.211. The first-order valence-corrected chi connectivity index (χ1v) is 10.5. The number of anilines is 2. The first-order chi connectivity index (χ1) is 14.2. The van der Waals surface area contributed by atoms with Crippen molar-refractivity contribution in [2.75, 3.05) is 23.1 Å². The summed E-state index contributed by atoms with van der Waals surface area (Å²) in [7, 11) is -3.86. The number of nitrogens with zero attached hydrogens (tertiary/aromatic N) is 1. The van der Waals surface area contributed by atoms with Crippen LogP contribution in [0.25, 0.3) is 0 Å². The lowest BCUT2D eigenvalue weighted by Gasteiger charge is -2.12. The smallest absolute Gasteiger partial charge is 0.324 e. The van der Waals surface area contributed by atoms with Crippen LogP contribution in [-0.4, -0.2) is 44.3 Å². The van der Waals surface area contributed by atoms with Crippen LogP contribution >= 0.6 is 0 Å². The highest BCUT2D eigenvalue weighted by Gasteiger charge is 2.27. The van der Waals surface area contributed by atoms with Crippen molar-refractivity contribution < 1.29 is 27.2 Å². The van der Waals surface area contributed by atoms with Crippen LogP contribution in [0.3, 0.4) is 0 Å². The van der Waals surface area contributed by atoms with E-state index >= 15 is 0 Å². The average molecular weight is 434 g/mol. The molecule has 0 unspecified atom stereocenters. The molecule has 0 atom stereocenters. The van der Waals surface area contributed by atoms with Crippen molar-refractivity contribution in [2.24, 2.45) is 0 Å². The molecular formula is C19H19FN4O5S. The maximum atomic E-state index is 13.0. The number of urea groups is 1. The molecule has 1 saturated heterocycles. The van der Waals surface area contributed by atoms with Gasteiger partial charge in [-0.3, -0.25) is 19.2 Å². The normalized spacial score (nSPS) is 13.8. The summed E-state index contributed by atoms with van der Waals surface area (Å²) >= 11 is 0. The van der Waals surface area contributed by atoms with Gasteiger partial charge in [-0.2, -0.15) is 0 Å². The highest BCUT2D eigenvalue weighted by atomic mass is 32.2. The zero-order chi connectivity index (χ0) is 21.7. The number of halogens is 1. The van der Waals surface area contributed by atoms with Crippen LogP contribution in [0.4, 0.5) is 20.6 Å². The number of carbonyl (C=O) groups is 3. The fourth-order valence-corrected chi connectivity index (χ4v) is 3.81. The topological polar surface area (TPSA) is 125 Å². The number of carbonyl (C=O) groups excluding carboxylic acids is 3. The van der Waals surface area contributed by atoms with Crippen molar-refractivity contribution in [2.45, 2.75) is 17.7 Å². The van der Waals surface area contributed by atoms with Crippen LogP contribution in [0, 0.1) is 5.82 Å². The molecule has 30 heavy (non-hydrogen) atoms. The number of hydrogen-bond acceptors (Lipinski definition) is 5. The molecule has 0 bridgehead atoms. The lowest BCUT2D eigenvalue weighted by Crippen LogP contribution is -2.32. The van der Waals surface area contributed by atoms with Gasteiger partial charge in [0.05, 0.1) is 11.4 Å². The summed E-state index contributed by atoms with van der Waals surface area (Å²) in [5.74, 6) is -1.16. The molecular weight excluding hydrogens is 415 g/mol. The van der Waals surface area contributed by atoms with Gasteiger partial charge < -0.3 is 10.6 Å². The predicted molar refractivity (Wildman–Crippen MR) is 107 cm³/mol. The quantitative estimate of drug-likeness (QED) is 0.548. The van der Waals surface area contributed by atoms with E-state index in [1.165, 1.54) is 24.3 Å². The van der Waals surface area contributed by atoms with E-state index in [2.05, 4.69) is 15.4 Å². The third-order valence-corrected chi connectivity index (χ3v) is 5.66. The monoisotopic (exact) mass is 434 g/mol. The van der Waals surface area contributed by atoms with Gasteiger partial charge in [0.2, 0.25) is 11.8 Å². The summed E-state index contributed by atoms with van der Waals surface area (Å²) in [4.78, 5) is 35.9. The van der Waals surface area contributed by atoms with Crippen LogP contribution in [0.5, 0.6) is 0 Å². The SMILES string of the molecule is O=C(CCCN1C(=O)CNC1=O)Nc1ccc(NS(=O)(=O)c2ccc(F)cc2)cc1. The molecule has 0 saturated carbocycles. The van der Waals surface area contributed by atoms with Gasteiger partial charge in [-0.05, 0) is 55.0 Å². The van der Waals surface area contributed by atoms with E-state index in [1.54, 1.807) is 0 Å². The summed E-state index contributed by atoms with van der Waals surface area (Å²) in [6.45, 7) is 0.129. The standard InChI is InChI=1S/C19H19FN4O5S/c20-13-3-9-16(10-4-13)30(28,29)23-15-7-5-14(6-8-15)22-17(25)2-1-11-24-18(26)12-21-19(24)27/h3-10,23H,1-2,11-12H2,(H,21,27)(H,22,25). The molecule has 1 heterocycles. The second kappa shape index (κ2) is 8.91. The molecule has 1 aliphatic heterocycles. The number of amides is 4. The Morgan fingerprint density at radius 3 is 2.27 bits per heavy atom. The fourth-order valence-electron chi connectivity index (χ4n) is 2.75. The van der Waals surface area contributed by atoms with E-state index in [0.717, 1.165) is 29.2 Å². The van der Waals surface area contributed by atoms with E-state index in [9.17, 15) is 27.2 Å². The Balaban J connectivity index is 1.50. The number of imide groups is 1. The Kier molecular flexibility index (Phi) is 6.31. The minimum absolute atomic E-state index is 0.0255. The average Bonchev–Trinajstić information content (AvgIpc) is 3.02. The second-order valence-corrected chi connectivity index (χ2v) is 8.17. The van der Waals surface area contributed by atoms with Crippen molar-refractivity contribution in [3.05, 3.63) is 54.3 Å². The molecule has 0 radical (unpaired) electrons. The maximum Gasteiger partial charge on any atom is 0.324 e. The zero-order valence-electron chi connectivity index (χ0n) is 15.7. The molecule has 4 amide bonds. The van der Waals surface area contributed by atoms with Gasteiger partial charge in [0, 0.05) is 24.3 Å². The number of sulfonamides is 1. The van der Waals surface area contributed by atoms with Crippen LogP contribution in [0.1, 0.15) is 12.8 Å². The molecule has 0 aliphatic carbocycles. The lowest BCUT2D eigenvalue weighted by molar-refractivity contribution is -0.125. The van der Waals surface area contributed by atoms with Crippen molar-refractivity contribution in [1.82, 2.24) is 10.2 Å². The Morgan fingerprint density at radius 2 is 1.67 bits per heavy atom. The Hall–Kier alpha value is -3.47. The van der Waals surface area contributed by atoms with Gasteiger partial charge in [0.1, 0.15) is 5.82 Å². The maximum absolute atomic E-state index is 13.0. The first-order valence-electron chi connectivity index (χ1n) is 9.01. The van der Waals surface area contributed by atoms with Gasteiger partial charge >= 0.3 is 6.03 Å². The van der Waals surface area contributed by atoms with E-state index in [-0.39, 0.29) is 41.9 Å². The summed E-state index contributed by atoms with van der Waals surface area (Å²) in [5, 5.41) is 5.06. The first kappa shape index (κ1) is 21.2. The molecule has 0 spiro atoms. The third kappa shape index (κ3) is 5.32. The van der Waals surface area contributed by atoms with Crippen LogP contribution in [0.15, 0.2) is 53.4 Å². The van der Waals surface area contributed by atoms with Gasteiger partial charge in [-0.25, -0.2) is 17.6 Å². The lowest BCUT2D eigenvalue weighted by atomic mass is 10.2. The molecule has 9 nitrogen and oxygen atoms in total. The van der Waals surface area contributed by atoms with Crippen molar-refractivity contribution in [3.8, 4) is 0 Å². The molecule has 1 fully saturated rings. The molecule has 11 heteroatoms. The van der Waals surface area contributed by atoms with Crippen LogP contribution in [-0.2, 0) is 19.6 Å². The number of nitrogens with one attached hydrogen (secondary N) is 3. The van der Waals surface area contributed by atoms with Crippen LogP contribution in [0.2, 0.25) is 0 Å². The largest absolute Gasteiger partial charge is 0.329 e. The van der Waals surface area contributed by atoms with Gasteiger partial charge in [-0.15, -0.1) is 0 Å². The molecule has 3 rings (SSSR count). The second-order valence-electron chi connectivity index (χ2n) is 6.49. The van der Waals surface area contributed by atoms with Crippen LogP contribution < -0.4 is 15.4 Å². The summed E-state index contributed by atoms with van der Waals surface area (Å²) in [6, 6.07) is 9.97. The highest BCUT2D eigenvalue weighted by Crippen LogP contribution is 2.19. The van der Waals surface area contributed by atoms with Crippen molar-refractivity contribution in [1.29, 1.82) is 0 Å². The Bertz CT molecular complexity index is 1040. The molecule has 0 aromatic heterocycles. The number of hydrogen-bond donors (Lipinski definition) is 3. The molecule has 2 aromatic carbocycles.